The lowest BCUT2D eigenvalue weighted by molar-refractivity contribution is -0.0101. The molecule has 1 fully saturated rings. The molecule has 0 spiro atoms. The van der Waals surface area contributed by atoms with Crippen molar-refractivity contribution in [1.29, 1.82) is 0 Å². The maximum absolute atomic E-state index is 13.8. The fourth-order valence-electron chi connectivity index (χ4n) is 4.04. The molecule has 0 amide bonds. The van der Waals surface area contributed by atoms with Crippen LogP contribution in [0.4, 0.5) is 4.39 Å². The number of hydrogen-bond donors (Lipinski definition) is 1. The van der Waals surface area contributed by atoms with E-state index in [-0.39, 0.29) is 11.9 Å². The van der Waals surface area contributed by atoms with Crippen LogP contribution in [0.2, 0.25) is 0 Å². The molecule has 1 saturated carbocycles. The van der Waals surface area contributed by atoms with Crippen molar-refractivity contribution in [3.05, 3.63) is 66.0 Å². The van der Waals surface area contributed by atoms with Crippen molar-refractivity contribution in [2.75, 3.05) is 19.7 Å². The molecule has 0 bridgehead atoms. The third kappa shape index (κ3) is 6.65. The molecule has 0 radical (unpaired) electrons. The van der Waals surface area contributed by atoms with E-state index in [9.17, 15) is 9.50 Å². The molecule has 2 aromatic carbocycles. The highest BCUT2D eigenvalue weighted by atomic mass is 19.1. The molecule has 6 nitrogen and oxygen atoms in total. The van der Waals surface area contributed by atoms with Crippen LogP contribution in [0, 0.1) is 11.7 Å². The van der Waals surface area contributed by atoms with Crippen LogP contribution in [0.5, 0.6) is 11.6 Å². The van der Waals surface area contributed by atoms with E-state index < -0.39 is 6.10 Å². The van der Waals surface area contributed by atoms with E-state index in [4.69, 9.17) is 14.6 Å². The Hall–Kier alpha value is -2.74. The summed E-state index contributed by atoms with van der Waals surface area (Å²) in [7, 11) is 1.83. The van der Waals surface area contributed by atoms with Crippen molar-refractivity contribution in [1.82, 2.24) is 14.7 Å². The van der Waals surface area contributed by atoms with Crippen LogP contribution in [0.15, 0.2) is 54.6 Å². The summed E-state index contributed by atoms with van der Waals surface area (Å²) in [6, 6.07) is 16.1. The average Bonchev–Trinajstić information content (AvgIpc) is 3.57. The third-order valence-corrected chi connectivity index (χ3v) is 5.83. The zero-order valence-corrected chi connectivity index (χ0v) is 20.2. The Morgan fingerprint density at radius 1 is 1.15 bits per heavy atom. The normalized spacial score (nSPS) is 14.7. The van der Waals surface area contributed by atoms with Crippen molar-refractivity contribution < 1.29 is 19.0 Å². The molecule has 1 N–H and O–H groups in total. The van der Waals surface area contributed by atoms with Crippen molar-refractivity contribution >= 4 is 0 Å². The summed E-state index contributed by atoms with van der Waals surface area (Å²) < 4.78 is 27.3. The highest BCUT2D eigenvalue weighted by Crippen LogP contribution is 2.36. The summed E-state index contributed by atoms with van der Waals surface area (Å²) in [6.45, 7) is 6.16. The summed E-state index contributed by atoms with van der Waals surface area (Å²) in [5.41, 5.74) is 2.72. The second-order valence-corrected chi connectivity index (χ2v) is 9.35. The first-order valence-corrected chi connectivity index (χ1v) is 12.0. The number of halogens is 1. The Morgan fingerprint density at radius 2 is 1.91 bits per heavy atom. The molecular formula is C27H34FN3O3. The molecule has 7 heteroatoms. The van der Waals surface area contributed by atoms with Gasteiger partial charge in [-0.15, -0.1) is 0 Å². The lowest BCUT2D eigenvalue weighted by atomic mass is 10.1. The molecule has 1 atom stereocenters. The molecule has 0 unspecified atom stereocenters. The summed E-state index contributed by atoms with van der Waals surface area (Å²) in [6.07, 6.45) is 1.90. The topological polar surface area (TPSA) is 59.8 Å². The number of aromatic nitrogens is 2. The highest BCUT2D eigenvalue weighted by Gasteiger charge is 2.28. The Labute approximate surface area is 200 Å². The van der Waals surface area contributed by atoms with E-state index in [0.717, 1.165) is 23.4 Å². The van der Waals surface area contributed by atoms with E-state index >= 15 is 0 Å². The minimum Gasteiger partial charge on any atom is -0.439 e. The van der Waals surface area contributed by atoms with Crippen LogP contribution in [0.3, 0.4) is 0 Å². The zero-order chi connectivity index (χ0) is 24.1. The maximum Gasteiger partial charge on any atom is 0.222 e. The molecule has 4 rings (SSSR count). The van der Waals surface area contributed by atoms with Crippen LogP contribution in [0.1, 0.15) is 32.3 Å². The van der Waals surface area contributed by atoms with E-state index in [1.807, 2.05) is 51.2 Å². The summed E-state index contributed by atoms with van der Waals surface area (Å²) >= 11 is 0. The molecule has 34 heavy (non-hydrogen) atoms. The number of benzene rings is 2. The van der Waals surface area contributed by atoms with Gasteiger partial charge in [0.2, 0.25) is 5.88 Å². The smallest absolute Gasteiger partial charge is 0.222 e. The first kappa shape index (κ1) is 24.4. The van der Waals surface area contributed by atoms with Crippen LogP contribution in [-0.2, 0) is 18.3 Å². The summed E-state index contributed by atoms with van der Waals surface area (Å²) in [4.78, 5) is 2.26. The number of aliphatic hydroxyl groups excluding tert-OH is 1. The second kappa shape index (κ2) is 11.1. The van der Waals surface area contributed by atoms with Gasteiger partial charge in [0.05, 0.1) is 24.4 Å². The molecule has 0 saturated heterocycles. The van der Waals surface area contributed by atoms with Gasteiger partial charge in [-0.3, -0.25) is 4.90 Å². The molecule has 182 valence electrons. The van der Waals surface area contributed by atoms with E-state index in [2.05, 4.69) is 4.90 Å². The van der Waals surface area contributed by atoms with E-state index in [1.165, 1.54) is 25.0 Å². The minimum absolute atomic E-state index is 0.0702. The first-order valence-electron chi connectivity index (χ1n) is 12.0. The largest absolute Gasteiger partial charge is 0.439 e. The van der Waals surface area contributed by atoms with Crippen molar-refractivity contribution in [2.24, 2.45) is 13.0 Å². The molecule has 1 heterocycles. The molecule has 1 aromatic heterocycles. The van der Waals surface area contributed by atoms with Crippen LogP contribution < -0.4 is 4.74 Å². The molecule has 0 aliphatic heterocycles. The standard InChI is InChI=1S/C27H34FN3O3/c1-19(2)33-18-23(32)16-31(15-20-12-13-20)17-25-26(21-8-5-4-6-9-21)29-30(3)27(25)34-24-11-7-10-22(28)14-24/h4-11,14,19-20,23,32H,12-13,15-18H2,1-3H3/t23-/m0/s1. The average molecular weight is 468 g/mol. The van der Waals surface area contributed by atoms with Gasteiger partial charge in [-0.25, -0.2) is 9.07 Å². The quantitative estimate of drug-likeness (QED) is 0.406. The van der Waals surface area contributed by atoms with Crippen molar-refractivity contribution in [3.8, 4) is 22.9 Å². The molecule has 1 aliphatic carbocycles. The number of nitrogens with zero attached hydrogens (tertiary/aromatic N) is 3. The second-order valence-electron chi connectivity index (χ2n) is 9.35. The predicted molar refractivity (Wildman–Crippen MR) is 130 cm³/mol. The van der Waals surface area contributed by atoms with Crippen molar-refractivity contribution in [2.45, 2.75) is 45.4 Å². The van der Waals surface area contributed by atoms with Crippen molar-refractivity contribution in [3.63, 3.8) is 0 Å². The Balaban J connectivity index is 1.64. The van der Waals surface area contributed by atoms with Gasteiger partial charge in [0.25, 0.3) is 0 Å². The SMILES string of the molecule is CC(C)OC[C@@H](O)CN(Cc1c(-c2ccccc2)nn(C)c1Oc1cccc(F)c1)CC1CC1. The van der Waals surface area contributed by atoms with E-state index in [1.54, 1.807) is 16.8 Å². The first-order chi connectivity index (χ1) is 16.4. The monoisotopic (exact) mass is 467 g/mol. The van der Waals surface area contributed by atoms with Gasteiger partial charge in [-0.05, 0) is 44.7 Å². The fraction of sp³-hybridized carbons (Fsp3) is 0.444. The highest BCUT2D eigenvalue weighted by molar-refractivity contribution is 5.65. The fourth-order valence-corrected chi connectivity index (χ4v) is 4.04. The van der Waals surface area contributed by atoms with Gasteiger partial charge in [0.1, 0.15) is 17.3 Å². The Morgan fingerprint density at radius 3 is 2.59 bits per heavy atom. The summed E-state index contributed by atoms with van der Waals surface area (Å²) in [5, 5.41) is 15.4. The van der Waals surface area contributed by atoms with Crippen LogP contribution in [0.25, 0.3) is 11.3 Å². The predicted octanol–water partition coefficient (Wildman–Crippen LogP) is 5.02. The van der Waals surface area contributed by atoms with Gasteiger partial charge in [-0.2, -0.15) is 5.10 Å². The number of ether oxygens (including phenoxy) is 2. The molecular weight excluding hydrogens is 433 g/mol. The Kier molecular flexibility index (Phi) is 7.98. The van der Waals surface area contributed by atoms with Gasteiger partial charge < -0.3 is 14.6 Å². The summed E-state index contributed by atoms with van der Waals surface area (Å²) in [5.74, 6) is 1.27. The lowest BCUT2D eigenvalue weighted by Gasteiger charge is -2.26. The van der Waals surface area contributed by atoms with Gasteiger partial charge in [0.15, 0.2) is 0 Å². The Bertz CT molecular complexity index is 1070. The van der Waals surface area contributed by atoms with Gasteiger partial charge in [0, 0.05) is 38.3 Å². The number of hydrogen-bond acceptors (Lipinski definition) is 5. The number of aliphatic hydroxyl groups is 1. The van der Waals surface area contributed by atoms with Gasteiger partial charge in [-0.1, -0.05) is 36.4 Å². The molecule has 1 aliphatic rings. The molecule has 3 aromatic rings. The van der Waals surface area contributed by atoms with Crippen LogP contribution in [-0.4, -0.2) is 51.7 Å². The zero-order valence-electron chi connectivity index (χ0n) is 20.2. The van der Waals surface area contributed by atoms with Gasteiger partial charge >= 0.3 is 0 Å². The lowest BCUT2D eigenvalue weighted by Crippen LogP contribution is -2.36. The third-order valence-electron chi connectivity index (χ3n) is 5.83. The minimum atomic E-state index is -0.592. The van der Waals surface area contributed by atoms with Crippen LogP contribution >= 0.6 is 0 Å². The number of rotatable bonds is 12. The number of aryl methyl sites for hydroxylation is 1. The maximum atomic E-state index is 13.8. The van der Waals surface area contributed by atoms with E-state index in [0.29, 0.717) is 37.2 Å².